The van der Waals surface area contributed by atoms with E-state index < -0.39 is 5.91 Å². The number of carbonyl (C=O) groups is 1. The average molecular weight is 344 g/mol. The van der Waals surface area contributed by atoms with Crippen molar-refractivity contribution in [3.63, 3.8) is 0 Å². The molecule has 5 nitrogen and oxygen atoms in total. The lowest BCUT2D eigenvalue weighted by molar-refractivity contribution is -0.111. The predicted molar refractivity (Wildman–Crippen MR) is 88.8 cm³/mol. The normalized spacial score (nSPS) is 10.9. The lowest BCUT2D eigenvalue weighted by Crippen LogP contribution is -2.09. The third kappa shape index (κ3) is 3.67. The molecule has 2 aromatic carbocycles. The highest BCUT2D eigenvalue weighted by Crippen LogP contribution is 2.24. The lowest BCUT2D eigenvalue weighted by Gasteiger charge is -2.01. The maximum Gasteiger partial charge on any atom is 0.249 e. The van der Waals surface area contributed by atoms with Crippen LogP contribution >= 0.6 is 11.6 Å². The summed E-state index contributed by atoms with van der Waals surface area (Å²) in [5.74, 6) is -0.645. The Labute approximate surface area is 141 Å². The van der Waals surface area contributed by atoms with E-state index in [0.29, 0.717) is 21.8 Å². The molecule has 0 radical (unpaired) electrons. The summed E-state index contributed by atoms with van der Waals surface area (Å²) in [6.07, 6.45) is 2.91. The number of halogens is 2. The molecule has 0 unspecified atom stereocenters. The van der Waals surface area contributed by atoms with E-state index in [2.05, 4.69) is 20.3 Å². The Kier molecular flexibility index (Phi) is 4.67. The highest BCUT2D eigenvalue weighted by molar-refractivity contribution is 6.32. The molecular formula is C17H11ClFN3O2. The first-order valence-electron chi connectivity index (χ1n) is 6.95. The van der Waals surface area contributed by atoms with E-state index in [1.807, 2.05) is 6.07 Å². The molecule has 0 fully saturated rings. The van der Waals surface area contributed by atoms with Gasteiger partial charge in [0, 0.05) is 16.7 Å². The molecule has 120 valence electrons. The van der Waals surface area contributed by atoms with E-state index in [1.54, 1.807) is 24.3 Å². The minimum atomic E-state index is -0.422. The molecule has 0 bridgehead atoms. The molecule has 0 aliphatic heterocycles. The summed E-state index contributed by atoms with van der Waals surface area (Å²) in [7, 11) is 0. The van der Waals surface area contributed by atoms with E-state index in [9.17, 15) is 9.18 Å². The summed E-state index contributed by atoms with van der Waals surface area (Å²) in [4.78, 5) is 12.0. The van der Waals surface area contributed by atoms with Gasteiger partial charge in [0.05, 0.1) is 0 Å². The Morgan fingerprint density at radius 1 is 1.12 bits per heavy atom. The lowest BCUT2D eigenvalue weighted by atomic mass is 10.1. The fraction of sp³-hybridized carbons (Fsp3) is 0. The molecule has 0 spiro atoms. The van der Waals surface area contributed by atoms with Crippen LogP contribution in [0.2, 0.25) is 5.02 Å². The number of hydrogen-bond acceptors (Lipinski definition) is 4. The van der Waals surface area contributed by atoms with Crippen LogP contribution in [0.3, 0.4) is 0 Å². The van der Waals surface area contributed by atoms with Crippen molar-refractivity contribution in [2.24, 2.45) is 0 Å². The highest BCUT2D eigenvalue weighted by Gasteiger charge is 2.14. The Hall–Kier alpha value is -2.99. The van der Waals surface area contributed by atoms with E-state index in [4.69, 9.17) is 11.6 Å². The van der Waals surface area contributed by atoms with E-state index in [1.165, 1.54) is 30.3 Å². The van der Waals surface area contributed by atoms with E-state index >= 15 is 0 Å². The molecule has 1 N–H and O–H groups in total. The zero-order valence-corrected chi connectivity index (χ0v) is 13.0. The van der Waals surface area contributed by atoms with Gasteiger partial charge in [0.2, 0.25) is 11.7 Å². The molecule has 0 aliphatic carbocycles. The molecule has 7 heteroatoms. The van der Waals surface area contributed by atoms with Crippen LogP contribution in [0.4, 0.5) is 10.2 Å². The van der Waals surface area contributed by atoms with Gasteiger partial charge in [-0.2, -0.15) is 0 Å². The quantitative estimate of drug-likeness (QED) is 0.721. The maximum atomic E-state index is 13.0. The predicted octanol–water partition coefficient (Wildman–Crippen LogP) is 4.18. The molecule has 0 aliphatic rings. The van der Waals surface area contributed by atoms with Crippen molar-refractivity contribution in [2.45, 2.75) is 0 Å². The van der Waals surface area contributed by atoms with Crippen molar-refractivity contribution in [3.05, 3.63) is 71.0 Å². The molecule has 1 aromatic heterocycles. The number of rotatable bonds is 4. The number of anilines is 1. The second-order valence-electron chi connectivity index (χ2n) is 4.81. The molecule has 3 aromatic rings. The number of hydrogen-bond donors (Lipinski definition) is 1. The molecule has 24 heavy (non-hydrogen) atoms. The van der Waals surface area contributed by atoms with Gasteiger partial charge in [0.25, 0.3) is 0 Å². The van der Waals surface area contributed by atoms with Gasteiger partial charge >= 0.3 is 0 Å². The summed E-state index contributed by atoms with van der Waals surface area (Å²) in [5, 5.41) is 10.5. The van der Waals surface area contributed by atoms with Crippen LogP contribution in [0.15, 0.2) is 59.2 Å². The van der Waals surface area contributed by atoms with Crippen LogP contribution in [0.5, 0.6) is 0 Å². The largest absolute Gasteiger partial charge is 0.302 e. The molecule has 1 heterocycles. The van der Waals surface area contributed by atoms with Crippen LogP contribution in [0.25, 0.3) is 17.3 Å². The SMILES string of the molecule is O=C(C=Cc1ccccc1Cl)Nc1nonc1-c1ccc(F)cc1. The van der Waals surface area contributed by atoms with Gasteiger partial charge in [0.15, 0.2) is 5.69 Å². The maximum absolute atomic E-state index is 13.0. The Balaban J connectivity index is 1.75. The zero-order chi connectivity index (χ0) is 16.9. The van der Waals surface area contributed by atoms with Gasteiger partial charge in [-0.25, -0.2) is 9.02 Å². The van der Waals surface area contributed by atoms with Gasteiger partial charge in [-0.15, -0.1) is 0 Å². The standard InChI is InChI=1S/C17H11ClFN3O2/c18-14-4-2-1-3-11(14)7-10-15(23)20-17-16(21-24-22-17)12-5-8-13(19)9-6-12/h1-10H,(H,20,22,23). The topological polar surface area (TPSA) is 68.0 Å². The molecular weight excluding hydrogens is 333 g/mol. The van der Waals surface area contributed by atoms with Crippen molar-refractivity contribution >= 4 is 29.4 Å². The number of aromatic nitrogens is 2. The fourth-order valence-corrected chi connectivity index (χ4v) is 2.20. The number of nitrogens with zero attached hydrogens (tertiary/aromatic N) is 2. The van der Waals surface area contributed by atoms with Gasteiger partial charge in [-0.1, -0.05) is 29.8 Å². The summed E-state index contributed by atoms with van der Waals surface area (Å²) >= 11 is 6.02. The fourth-order valence-electron chi connectivity index (χ4n) is 2.00. The first-order valence-corrected chi connectivity index (χ1v) is 7.33. The second-order valence-corrected chi connectivity index (χ2v) is 5.22. The van der Waals surface area contributed by atoms with Gasteiger partial charge in [-0.3, -0.25) is 4.79 Å². The van der Waals surface area contributed by atoms with Crippen LogP contribution in [-0.4, -0.2) is 16.2 Å². The second kappa shape index (κ2) is 7.06. The van der Waals surface area contributed by atoms with E-state index in [-0.39, 0.29) is 11.6 Å². The van der Waals surface area contributed by atoms with E-state index in [0.717, 1.165) is 0 Å². The van der Waals surface area contributed by atoms with Crippen molar-refractivity contribution in [2.75, 3.05) is 5.32 Å². The smallest absolute Gasteiger partial charge is 0.249 e. The summed E-state index contributed by atoms with van der Waals surface area (Å²) in [5.41, 5.74) is 1.60. The molecule has 1 amide bonds. The zero-order valence-electron chi connectivity index (χ0n) is 12.2. The number of amides is 1. The Morgan fingerprint density at radius 2 is 1.88 bits per heavy atom. The third-order valence-corrected chi connectivity index (χ3v) is 3.51. The Bertz CT molecular complexity index is 891. The average Bonchev–Trinajstić information content (AvgIpc) is 3.03. The van der Waals surface area contributed by atoms with Gasteiger partial charge in [-0.05, 0) is 52.3 Å². The third-order valence-electron chi connectivity index (χ3n) is 3.17. The van der Waals surface area contributed by atoms with Crippen LogP contribution in [-0.2, 0) is 4.79 Å². The minimum absolute atomic E-state index is 0.149. The summed E-state index contributed by atoms with van der Waals surface area (Å²) in [6.45, 7) is 0. The van der Waals surface area contributed by atoms with Crippen LogP contribution in [0.1, 0.15) is 5.56 Å². The van der Waals surface area contributed by atoms with Gasteiger partial charge in [0.1, 0.15) is 5.82 Å². The Morgan fingerprint density at radius 3 is 2.62 bits per heavy atom. The summed E-state index contributed by atoms with van der Waals surface area (Å²) in [6, 6.07) is 12.7. The number of carbonyl (C=O) groups excluding carboxylic acids is 1. The van der Waals surface area contributed by atoms with Crippen molar-refractivity contribution in [3.8, 4) is 11.3 Å². The molecule has 0 saturated carbocycles. The number of benzene rings is 2. The molecule has 0 saturated heterocycles. The minimum Gasteiger partial charge on any atom is -0.302 e. The first-order chi connectivity index (χ1) is 11.6. The van der Waals surface area contributed by atoms with Crippen molar-refractivity contribution < 1.29 is 13.8 Å². The highest BCUT2D eigenvalue weighted by atomic mass is 35.5. The molecule has 0 atom stereocenters. The number of nitrogens with one attached hydrogen (secondary N) is 1. The summed E-state index contributed by atoms with van der Waals surface area (Å²) < 4.78 is 17.6. The van der Waals surface area contributed by atoms with Gasteiger partial charge < -0.3 is 5.32 Å². The first kappa shape index (κ1) is 15.9. The monoisotopic (exact) mass is 343 g/mol. The van der Waals surface area contributed by atoms with Crippen LogP contribution < -0.4 is 5.32 Å². The molecule has 3 rings (SSSR count). The van der Waals surface area contributed by atoms with Crippen molar-refractivity contribution in [1.29, 1.82) is 0 Å². The van der Waals surface area contributed by atoms with Crippen LogP contribution in [0, 0.1) is 5.82 Å². The van der Waals surface area contributed by atoms with Crippen molar-refractivity contribution in [1.82, 2.24) is 10.3 Å².